The molecule has 0 bridgehead atoms. The second-order valence-electron chi connectivity index (χ2n) is 18.3. The molecule has 3 rings (SSSR count). The fourth-order valence-corrected chi connectivity index (χ4v) is 8.24. The summed E-state index contributed by atoms with van der Waals surface area (Å²) in [6.45, 7) is 13.0. The SMILES string of the molecule is CCCCCCCCCC(=O)C[C@@H](CCCCC)C(=O)N[C@H](C(=O)C[C@@H](C)C(=O)N[C@@H](CC(=O)NC(c1ccccc1)(c1ccccc1)c1ccccc1)C(=O)O)C(C)OC(C)(C)C. The monoisotopic (exact) mass is 882 g/mol. The normalized spacial score (nSPS) is 14.0. The number of ether oxygens (including phenoxy) is 1. The fraction of sp³-hybridized carbons (Fsp3) is 0.547. The van der Waals surface area contributed by atoms with Gasteiger partial charge in [-0.25, -0.2) is 4.79 Å². The number of nitrogens with one attached hydrogen (secondary N) is 3. The minimum Gasteiger partial charge on any atom is -0.480 e. The summed E-state index contributed by atoms with van der Waals surface area (Å²) in [5.41, 5.74) is 0.370. The van der Waals surface area contributed by atoms with Crippen LogP contribution < -0.4 is 16.0 Å². The summed E-state index contributed by atoms with van der Waals surface area (Å²) in [5, 5.41) is 18.8. The Hall–Kier alpha value is -5.16. The van der Waals surface area contributed by atoms with Gasteiger partial charge in [-0.2, -0.15) is 0 Å². The van der Waals surface area contributed by atoms with E-state index in [9.17, 15) is 33.9 Å². The molecule has 3 amide bonds. The summed E-state index contributed by atoms with van der Waals surface area (Å²) in [6.07, 6.45) is 9.50. The maximum Gasteiger partial charge on any atom is 0.326 e. The number of ketones is 2. The molecule has 0 aliphatic rings. The maximum absolute atomic E-state index is 14.1. The van der Waals surface area contributed by atoms with Crippen molar-refractivity contribution < 1.29 is 38.6 Å². The van der Waals surface area contributed by atoms with Crippen LogP contribution in [-0.4, -0.2) is 64.2 Å². The van der Waals surface area contributed by atoms with Crippen molar-refractivity contribution in [2.24, 2.45) is 11.8 Å². The summed E-state index contributed by atoms with van der Waals surface area (Å²) in [5.74, 6) is -5.27. The van der Waals surface area contributed by atoms with Gasteiger partial charge in [0, 0.05) is 31.1 Å². The van der Waals surface area contributed by atoms with Crippen LogP contribution in [0, 0.1) is 11.8 Å². The molecule has 0 spiro atoms. The number of benzene rings is 3. The number of unbranched alkanes of at least 4 members (excludes halogenated alkanes) is 8. The van der Waals surface area contributed by atoms with Gasteiger partial charge >= 0.3 is 5.97 Å². The first-order valence-electron chi connectivity index (χ1n) is 23.6. The van der Waals surface area contributed by atoms with Gasteiger partial charge < -0.3 is 25.8 Å². The van der Waals surface area contributed by atoms with E-state index < -0.39 is 77.1 Å². The first-order valence-corrected chi connectivity index (χ1v) is 23.6. The molecule has 0 saturated carbocycles. The Bertz CT molecular complexity index is 1800. The van der Waals surface area contributed by atoms with E-state index >= 15 is 0 Å². The standard InChI is InChI=1S/C53H75N3O8/c1-8-10-12-13-14-15-26-34-44(57)36-40(27-19-11-9-2)50(61)55-48(39(4)64-52(5,6)7)46(58)35-38(3)49(60)54-45(51(62)63)37-47(59)56-53(41-28-20-16-21-29-41,42-30-22-17-23-31-42)43-32-24-18-25-33-43/h16-18,20-25,28-33,38-40,45,48H,8-15,19,26-27,34-37H2,1-7H3,(H,54,60)(H,55,61)(H,56,59)(H,62,63)/t38-,39?,40-,45+,48+/m1/s1. The molecule has 0 aliphatic heterocycles. The highest BCUT2D eigenvalue weighted by Crippen LogP contribution is 2.37. The highest BCUT2D eigenvalue weighted by Gasteiger charge is 2.40. The van der Waals surface area contributed by atoms with E-state index in [4.69, 9.17) is 4.74 Å². The summed E-state index contributed by atoms with van der Waals surface area (Å²) >= 11 is 0. The van der Waals surface area contributed by atoms with Crippen LogP contribution in [0.2, 0.25) is 0 Å². The zero-order valence-electron chi connectivity index (χ0n) is 39.5. The molecule has 5 atom stereocenters. The number of rotatable bonds is 30. The minimum atomic E-state index is -1.62. The third kappa shape index (κ3) is 17.4. The molecule has 0 heterocycles. The van der Waals surface area contributed by atoms with Crippen molar-refractivity contribution >= 4 is 35.3 Å². The van der Waals surface area contributed by atoms with Crippen LogP contribution in [0.4, 0.5) is 0 Å². The number of carboxylic acid groups (broad SMARTS) is 1. The number of carbonyl (C=O) groups excluding carboxylic acids is 5. The van der Waals surface area contributed by atoms with Gasteiger partial charge in [0.05, 0.1) is 18.1 Å². The minimum absolute atomic E-state index is 0.0323. The molecular weight excluding hydrogens is 807 g/mol. The number of carboxylic acids is 1. The lowest BCUT2D eigenvalue weighted by atomic mass is 9.77. The summed E-state index contributed by atoms with van der Waals surface area (Å²) in [7, 11) is 0. The van der Waals surface area contributed by atoms with Crippen molar-refractivity contribution in [1.29, 1.82) is 0 Å². The molecule has 11 nitrogen and oxygen atoms in total. The Morgan fingerprint density at radius 1 is 0.609 bits per heavy atom. The molecule has 4 N–H and O–H groups in total. The second-order valence-corrected chi connectivity index (χ2v) is 18.3. The van der Waals surface area contributed by atoms with Crippen LogP contribution in [0.3, 0.4) is 0 Å². The number of hydrogen-bond acceptors (Lipinski definition) is 7. The van der Waals surface area contributed by atoms with E-state index in [2.05, 4.69) is 29.8 Å². The zero-order valence-corrected chi connectivity index (χ0v) is 39.5. The van der Waals surface area contributed by atoms with Crippen LogP contribution in [0.5, 0.6) is 0 Å². The van der Waals surface area contributed by atoms with Crippen LogP contribution >= 0.6 is 0 Å². The molecule has 0 aromatic heterocycles. The summed E-state index contributed by atoms with van der Waals surface area (Å²) in [4.78, 5) is 81.7. The van der Waals surface area contributed by atoms with Crippen LogP contribution in [-0.2, 0) is 39.0 Å². The molecule has 3 aromatic rings. The van der Waals surface area contributed by atoms with Crippen molar-refractivity contribution in [2.45, 2.75) is 174 Å². The molecule has 3 aromatic carbocycles. The van der Waals surface area contributed by atoms with Gasteiger partial charge in [-0.1, -0.05) is 170 Å². The van der Waals surface area contributed by atoms with Gasteiger partial charge in [0.1, 0.15) is 23.4 Å². The number of amides is 3. The molecule has 0 fully saturated rings. The van der Waals surface area contributed by atoms with Gasteiger partial charge in [-0.15, -0.1) is 0 Å². The Morgan fingerprint density at radius 2 is 1.09 bits per heavy atom. The van der Waals surface area contributed by atoms with Crippen molar-refractivity contribution in [3.05, 3.63) is 108 Å². The van der Waals surface area contributed by atoms with Crippen molar-refractivity contribution in [2.75, 3.05) is 0 Å². The van der Waals surface area contributed by atoms with Gasteiger partial charge in [0.25, 0.3) is 0 Å². The molecule has 1 unspecified atom stereocenters. The molecule has 11 heteroatoms. The predicted octanol–water partition coefficient (Wildman–Crippen LogP) is 9.63. The molecule has 0 aliphatic carbocycles. The largest absolute Gasteiger partial charge is 0.480 e. The van der Waals surface area contributed by atoms with E-state index in [1.165, 1.54) is 26.2 Å². The number of aliphatic carboxylic acids is 1. The number of Topliss-reactive ketones (excluding diaryl/α,β-unsaturated/α-hetero) is 2. The fourth-order valence-electron chi connectivity index (χ4n) is 8.24. The third-order valence-corrected chi connectivity index (χ3v) is 11.6. The molecule has 0 radical (unpaired) electrons. The van der Waals surface area contributed by atoms with Crippen molar-refractivity contribution in [1.82, 2.24) is 16.0 Å². The van der Waals surface area contributed by atoms with Crippen LogP contribution in [0.1, 0.15) is 161 Å². The third-order valence-electron chi connectivity index (χ3n) is 11.6. The molecule has 350 valence electrons. The number of carbonyl (C=O) groups is 6. The average molecular weight is 882 g/mol. The van der Waals surface area contributed by atoms with E-state index in [1.54, 1.807) is 6.92 Å². The zero-order chi connectivity index (χ0) is 47.1. The number of hydrogen-bond donors (Lipinski definition) is 4. The van der Waals surface area contributed by atoms with Crippen molar-refractivity contribution in [3.8, 4) is 0 Å². The van der Waals surface area contributed by atoms with Crippen LogP contribution in [0.25, 0.3) is 0 Å². The Balaban J connectivity index is 1.77. The molecule has 0 saturated heterocycles. The first-order chi connectivity index (χ1) is 30.5. The van der Waals surface area contributed by atoms with E-state index in [1.807, 2.05) is 112 Å². The van der Waals surface area contributed by atoms with Gasteiger partial charge in [-0.3, -0.25) is 24.0 Å². The first kappa shape index (κ1) is 53.2. The summed E-state index contributed by atoms with van der Waals surface area (Å²) < 4.78 is 6.17. The van der Waals surface area contributed by atoms with Crippen molar-refractivity contribution in [3.63, 3.8) is 0 Å². The lowest BCUT2D eigenvalue weighted by Crippen LogP contribution is -2.53. The Kier molecular flexibility index (Phi) is 22.6. The van der Waals surface area contributed by atoms with Gasteiger partial charge in [0.15, 0.2) is 5.78 Å². The van der Waals surface area contributed by atoms with Crippen LogP contribution in [0.15, 0.2) is 91.0 Å². The lowest BCUT2D eigenvalue weighted by Gasteiger charge is -2.37. The average Bonchev–Trinajstić information content (AvgIpc) is 3.26. The molecular formula is C53H75N3O8. The Morgan fingerprint density at radius 3 is 1.58 bits per heavy atom. The maximum atomic E-state index is 14.1. The van der Waals surface area contributed by atoms with E-state index in [0.717, 1.165) is 61.6 Å². The predicted molar refractivity (Wildman–Crippen MR) is 252 cm³/mol. The van der Waals surface area contributed by atoms with Gasteiger partial charge in [-0.05, 0) is 57.2 Å². The second kappa shape index (κ2) is 27.2. The molecule has 64 heavy (non-hydrogen) atoms. The van der Waals surface area contributed by atoms with E-state index in [-0.39, 0.29) is 18.6 Å². The Labute approximate surface area is 382 Å². The summed E-state index contributed by atoms with van der Waals surface area (Å²) in [6, 6.07) is 25.4. The highest BCUT2D eigenvalue weighted by molar-refractivity contribution is 5.95. The van der Waals surface area contributed by atoms with Gasteiger partial charge in [0.2, 0.25) is 17.7 Å². The smallest absolute Gasteiger partial charge is 0.326 e. The highest BCUT2D eigenvalue weighted by atomic mass is 16.5. The quantitative estimate of drug-likeness (QED) is 0.0379. The topological polar surface area (TPSA) is 168 Å². The lowest BCUT2D eigenvalue weighted by molar-refractivity contribution is -0.144. The van der Waals surface area contributed by atoms with E-state index in [0.29, 0.717) is 12.8 Å².